The fourth-order valence-corrected chi connectivity index (χ4v) is 4.85. The summed E-state index contributed by atoms with van der Waals surface area (Å²) >= 11 is 0. The number of hydrogen-bond acceptors (Lipinski definition) is 6. The van der Waals surface area contributed by atoms with Crippen LogP contribution < -0.4 is 14.8 Å². The molecule has 2 aliphatic rings. The first-order valence-corrected chi connectivity index (χ1v) is 11.1. The number of benzene rings is 2. The third-order valence-electron chi connectivity index (χ3n) is 6.37. The van der Waals surface area contributed by atoms with Crippen LogP contribution in [0.3, 0.4) is 0 Å². The Balaban J connectivity index is 1.73. The van der Waals surface area contributed by atoms with E-state index in [9.17, 15) is 4.79 Å². The normalized spacial score (nSPS) is 18.9. The molecule has 0 amide bonds. The van der Waals surface area contributed by atoms with Crippen molar-refractivity contribution in [3.05, 3.63) is 64.9 Å². The molecule has 0 bridgehead atoms. The highest BCUT2D eigenvalue weighted by Gasteiger charge is 2.43. The largest absolute Gasteiger partial charge is 0.493 e. The molecular weight excluding hydrogens is 416 g/mol. The molecule has 33 heavy (non-hydrogen) atoms. The molecule has 1 aliphatic heterocycles. The van der Waals surface area contributed by atoms with Crippen molar-refractivity contribution in [1.82, 2.24) is 14.8 Å². The lowest BCUT2D eigenvalue weighted by atomic mass is 9.73. The van der Waals surface area contributed by atoms with Gasteiger partial charge >= 0.3 is 0 Å². The van der Waals surface area contributed by atoms with Crippen molar-refractivity contribution in [2.24, 2.45) is 5.41 Å². The number of allylic oxidation sites excluding steroid dienone is 2. The number of carbonyl (C=O) groups excluding carboxylic acids is 1. The summed E-state index contributed by atoms with van der Waals surface area (Å²) in [5, 5.41) is 8.29. The van der Waals surface area contributed by atoms with E-state index in [2.05, 4.69) is 19.2 Å². The Bertz CT molecular complexity index is 1270. The minimum Gasteiger partial charge on any atom is -0.493 e. The van der Waals surface area contributed by atoms with E-state index >= 15 is 0 Å². The highest BCUT2D eigenvalue weighted by atomic mass is 16.5. The number of hydrogen-bond donors (Lipinski definition) is 1. The van der Waals surface area contributed by atoms with Gasteiger partial charge in [-0.1, -0.05) is 55.8 Å². The van der Waals surface area contributed by atoms with Crippen molar-refractivity contribution in [2.45, 2.75) is 39.7 Å². The highest BCUT2D eigenvalue weighted by Crippen LogP contribution is 2.48. The average molecular weight is 445 g/mol. The minimum atomic E-state index is -0.461. The SMILES string of the molecule is COc1cccc(C2C3=C(CC(C)(C)CC3=O)Nc3nc(-c4ccc(C)cc4)nn32)c1OC. The van der Waals surface area contributed by atoms with E-state index in [1.165, 1.54) is 5.56 Å². The summed E-state index contributed by atoms with van der Waals surface area (Å²) in [6.07, 6.45) is 1.23. The number of ether oxygens (including phenoxy) is 2. The fourth-order valence-electron chi connectivity index (χ4n) is 4.85. The van der Waals surface area contributed by atoms with Gasteiger partial charge in [-0.3, -0.25) is 4.79 Å². The summed E-state index contributed by atoms with van der Waals surface area (Å²) in [7, 11) is 3.23. The topological polar surface area (TPSA) is 78.3 Å². The number of ketones is 1. The van der Waals surface area contributed by atoms with Gasteiger partial charge in [0.15, 0.2) is 23.1 Å². The average Bonchev–Trinajstić information content (AvgIpc) is 3.20. The van der Waals surface area contributed by atoms with Crippen LogP contribution in [0.2, 0.25) is 0 Å². The second kappa shape index (κ2) is 7.76. The van der Waals surface area contributed by atoms with Crippen LogP contribution in [-0.4, -0.2) is 34.8 Å². The van der Waals surface area contributed by atoms with E-state index < -0.39 is 6.04 Å². The molecule has 0 saturated carbocycles. The summed E-state index contributed by atoms with van der Waals surface area (Å²) in [4.78, 5) is 18.3. The molecule has 1 atom stereocenters. The zero-order chi connectivity index (χ0) is 23.3. The minimum absolute atomic E-state index is 0.113. The first-order valence-electron chi connectivity index (χ1n) is 11.1. The third kappa shape index (κ3) is 3.57. The molecule has 2 aromatic carbocycles. The van der Waals surface area contributed by atoms with Crippen molar-refractivity contribution in [3.8, 4) is 22.9 Å². The van der Waals surface area contributed by atoms with Crippen LogP contribution in [0, 0.1) is 12.3 Å². The van der Waals surface area contributed by atoms with Gasteiger partial charge in [-0.05, 0) is 24.8 Å². The van der Waals surface area contributed by atoms with Crippen molar-refractivity contribution >= 4 is 11.7 Å². The lowest BCUT2D eigenvalue weighted by Crippen LogP contribution is -2.36. The van der Waals surface area contributed by atoms with Crippen LogP contribution >= 0.6 is 0 Å². The smallest absolute Gasteiger partial charge is 0.226 e. The number of fused-ring (bicyclic) bond motifs is 1. The molecule has 7 nitrogen and oxygen atoms in total. The molecule has 1 aromatic heterocycles. The van der Waals surface area contributed by atoms with Gasteiger partial charge in [0, 0.05) is 28.8 Å². The van der Waals surface area contributed by atoms with Crippen molar-refractivity contribution in [2.75, 3.05) is 19.5 Å². The number of carbonyl (C=O) groups is 1. The zero-order valence-corrected chi connectivity index (χ0v) is 19.6. The van der Waals surface area contributed by atoms with Gasteiger partial charge < -0.3 is 14.8 Å². The molecule has 1 unspecified atom stereocenters. The lowest BCUT2D eigenvalue weighted by Gasteiger charge is -2.38. The number of rotatable bonds is 4. The summed E-state index contributed by atoms with van der Waals surface area (Å²) < 4.78 is 13.1. The predicted octanol–water partition coefficient (Wildman–Crippen LogP) is 4.93. The number of aromatic nitrogens is 3. The van der Waals surface area contributed by atoms with Crippen LogP contribution in [-0.2, 0) is 4.79 Å². The molecule has 0 radical (unpaired) electrons. The van der Waals surface area contributed by atoms with Crippen LogP contribution in [0.25, 0.3) is 11.4 Å². The quantitative estimate of drug-likeness (QED) is 0.615. The third-order valence-corrected chi connectivity index (χ3v) is 6.37. The van der Waals surface area contributed by atoms with Gasteiger partial charge in [0.2, 0.25) is 5.95 Å². The molecule has 0 fully saturated rings. The number of nitrogens with zero attached hydrogens (tertiary/aromatic N) is 3. The van der Waals surface area contributed by atoms with Crippen molar-refractivity contribution in [3.63, 3.8) is 0 Å². The van der Waals surface area contributed by atoms with E-state index in [-0.39, 0.29) is 11.2 Å². The van der Waals surface area contributed by atoms with E-state index in [0.717, 1.165) is 23.2 Å². The molecule has 5 rings (SSSR count). The standard InChI is InChI=1S/C26H28N4O3/c1-15-9-11-16(12-10-15)24-28-25-27-18-13-26(2,3)14-19(31)21(18)22(30(25)29-24)17-7-6-8-20(32-4)23(17)33-5/h6-12,22H,13-14H2,1-5H3,(H,27,28,29). The molecule has 3 aromatic rings. The predicted molar refractivity (Wildman–Crippen MR) is 127 cm³/mol. The Kier molecular flexibility index (Phi) is 5.00. The van der Waals surface area contributed by atoms with Crippen molar-refractivity contribution < 1.29 is 14.3 Å². The molecule has 1 aliphatic carbocycles. The van der Waals surface area contributed by atoms with Crippen LogP contribution in [0.15, 0.2) is 53.7 Å². The monoisotopic (exact) mass is 444 g/mol. The molecule has 2 heterocycles. The highest BCUT2D eigenvalue weighted by molar-refractivity contribution is 6.00. The fraction of sp³-hybridized carbons (Fsp3) is 0.346. The maximum absolute atomic E-state index is 13.5. The van der Waals surface area contributed by atoms with Gasteiger partial charge in [0.1, 0.15) is 6.04 Å². The Labute approximate surface area is 193 Å². The van der Waals surface area contributed by atoms with Gasteiger partial charge in [0.25, 0.3) is 0 Å². The maximum Gasteiger partial charge on any atom is 0.226 e. The Hall–Kier alpha value is -3.61. The molecule has 0 spiro atoms. The first kappa shape index (κ1) is 21.2. The number of methoxy groups -OCH3 is 2. The van der Waals surface area contributed by atoms with E-state index in [0.29, 0.717) is 35.3 Å². The summed E-state index contributed by atoms with van der Waals surface area (Å²) in [5.41, 5.74) is 4.40. The van der Waals surface area contributed by atoms with Gasteiger partial charge in [-0.15, -0.1) is 5.10 Å². The Morgan fingerprint density at radius 1 is 1.06 bits per heavy atom. The van der Waals surface area contributed by atoms with Crippen molar-refractivity contribution in [1.29, 1.82) is 0 Å². The number of aryl methyl sites for hydroxylation is 1. The maximum atomic E-state index is 13.5. The Morgan fingerprint density at radius 3 is 2.52 bits per heavy atom. The number of para-hydroxylation sites is 1. The molecule has 0 saturated heterocycles. The molecule has 7 heteroatoms. The summed E-state index contributed by atoms with van der Waals surface area (Å²) in [5.74, 6) is 2.54. The molecular formula is C26H28N4O3. The second-order valence-corrected chi connectivity index (χ2v) is 9.51. The van der Waals surface area contributed by atoms with Crippen LogP contribution in [0.4, 0.5) is 5.95 Å². The molecule has 1 N–H and O–H groups in total. The number of Topliss-reactive ketones (excluding diaryl/α,β-unsaturated/α-hetero) is 1. The number of anilines is 1. The molecule has 170 valence electrons. The van der Waals surface area contributed by atoms with Gasteiger partial charge in [0.05, 0.1) is 14.2 Å². The zero-order valence-electron chi connectivity index (χ0n) is 19.6. The lowest BCUT2D eigenvalue weighted by molar-refractivity contribution is -0.118. The summed E-state index contributed by atoms with van der Waals surface area (Å²) in [6.45, 7) is 6.29. The first-order chi connectivity index (χ1) is 15.8. The van der Waals surface area contributed by atoms with E-state index in [4.69, 9.17) is 19.6 Å². The number of nitrogens with one attached hydrogen (secondary N) is 1. The second-order valence-electron chi connectivity index (χ2n) is 9.51. The van der Waals surface area contributed by atoms with Gasteiger partial charge in [-0.25, -0.2) is 4.68 Å². The summed E-state index contributed by atoms with van der Waals surface area (Å²) in [6, 6.07) is 13.4. The van der Waals surface area contributed by atoms with E-state index in [1.807, 2.05) is 54.1 Å². The van der Waals surface area contributed by atoms with Crippen LogP contribution in [0.5, 0.6) is 11.5 Å². The van der Waals surface area contributed by atoms with Crippen LogP contribution in [0.1, 0.15) is 43.9 Å². The Morgan fingerprint density at radius 2 is 1.82 bits per heavy atom. The van der Waals surface area contributed by atoms with Gasteiger partial charge in [-0.2, -0.15) is 4.98 Å². The van der Waals surface area contributed by atoms with E-state index in [1.54, 1.807) is 14.2 Å².